The van der Waals surface area contributed by atoms with E-state index in [0.717, 1.165) is 31.2 Å². The Morgan fingerprint density at radius 1 is 1.32 bits per heavy atom. The first kappa shape index (κ1) is 22.0. The van der Waals surface area contributed by atoms with Crippen molar-refractivity contribution in [2.24, 2.45) is 4.99 Å². The summed E-state index contributed by atoms with van der Waals surface area (Å²) in [5.41, 5.74) is 1.34. The topological polar surface area (TPSA) is 48.9 Å². The molecular formula is C19H33IN4O. The van der Waals surface area contributed by atoms with Gasteiger partial charge < -0.3 is 20.3 Å². The van der Waals surface area contributed by atoms with Gasteiger partial charge in [-0.25, -0.2) is 0 Å². The Balaban J connectivity index is 0.00000312. The second kappa shape index (κ2) is 11.6. The molecule has 1 aromatic carbocycles. The normalized spacial score (nSPS) is 19.2. The van der Waals surface area contributed by atoms with Gasteiger partial charge in [0.05, 0.1) is 7.11 Å². The van der Waals surface area contributed by atoms with Gasteiger partial charge in [-0.3, -0.25) is 4.99 Å². The SMILES string of the molecule is CN=C(NCCC(C)c1ccc(OC)cc1)NCC1CCCN1C.I. The maximum absolute atomic E-state index is 5.21. The van der Waals surface area contributed by atoms with E-state index in [0.29, 0.717) is 12.0 Å². The number of rotatable bonds is 7. The zero-order valence-corrected chi connectivity index (χ0v) is 18.2. The lowest BCUT2D eigenvalue weighted by Gasteiger charge is -2.21. The molecule has 142 valence electrons. The maximum atomic E-state index is 5.21. The molecule has 6 heteroatoms. The van der Waals surface area contributed by atoms with E-state index in [2.05, 4.69) is 46.6 Å². The summed E-state index contributed by atoms with van der Waals surface area (Å²) in [6.45, 7) is 5.34. The fourth-order valence-electron chi connectivity index (χ4n) is 3.18. The molecule has 2 N–H and O–H groups in total. The average Bonchev–Trinajstić information content (AvgIpc) is 3.02. The number of guanidine groups is 1. The molecule has 1 aliphatic heterocycles. The van der Waals surface area contributed by atoms with Gasteiger partial charge in [0.2, 0.25) is 0 Å². The molecule has 0 aromatic heterocycles. The Hall–Kier alpha value is -1.02. The van der Waals surface area contributed by atoms with Crippen molar-refractivity contribution in [1.82, 2.24) is 15.5 Å². The summed E-state index contributed by atoms with van der Waals surface area (Å²) in [6, 6.07) is 8.97. The molecule has 0 amide bonds. The zero-order valence-electron chi connectivity index (χ0n) is 15.9. The summed E-state index contributed by atoms with van der Waals surface area (Å²) in [7, 11) is 5.73. The summed E-state index contributed by atoms with van der Waals surface area (Å²) < 4.78 is 5.21. The maximum Gasteiger partial charge on any atom is 0.191 e. The lowest BCUT2D eigenvalue weighted by Crippen LogP contribution is -2.44. The first-order valence-electron chi connectivity index (χ1n) is 8.92. The number of aliphatic imine (C=N–C) groups is 1. The van der Waals surface area contributed by atoms with E-state index in [-0.39, 0.29) is 24.0 Å². The smallest absolute Gasteiger partial charge is 0.191 e. The average molecular weight is 460 g/mol. The van der Waals surface area contributed by atoms with Crippen LogP contribution in [0.1, 0.15) is 37.7 Å². The fourth-order valence-corrected chi connectivity index (χ4v) is 3.18. The first-order chi connectivity index (χ1) is 11.6. The van der Waals surface area contributed by atoms with Crippen LogP contribution in [0.3, 0.4) is 0 Å². The third-order valence-corrected chi connectivity index (χ3v) is 4.95. The van der Waals surface area contributed by atoms with Crippen LogP contribution in [0.2, 0.25) is 0 Å². The fraction of sp³-hybridized carbons (Fsp3) is 0.632. The number of nitrogens with zero attached hydrogens (tertiary/aromatic N) is 2. The van der Waals surface area contributed by atoms with E-state index < -0.39 is 0 Å². The van der Waals surface area contributed by atoms with Crippen LogP contribution < -0.4 is 15.4 Å². The number of halogens is 1. The van der Waals surface area contributed by atoms with Crippen LogP contribution in [0.5, 0.6) is 5.75 Å². The highest BCUT2D eigenvalue weighted by atomic mass is 127. The molecule has 0 saturated carbocycles. The van der Waals surface area contributed by atoms with E-state index in [1.54, 1.807) is 7.11 Å². The third-order valence-electron chi connectivity index (χ3n) is 4.95. The standard InChI is InChI=1S/C19H32N4O.HI/c1-15(16-7-9-18(24-4)10-8-16)11-12-21-19(20-2)22-14-17-6-5-13-23(17)3;/h7-10,15,17H,5-6,11-14H2,1-4H3,(H2,20,21,22);1H. The van der Waals surface area contributed by atoms with E-state index in [4.69, 9.17) is 4.74 Å². The van der Waals surface area contributed by atoms with Crippen molar-refractivity contribution in [1.29, 1.82) is 0 Å². The summed E-state index contributed by atoms with van der Waals surface area (Å²) in [5.74, 6) is 2.31. The van der Waals surface area contributed by atoms with Gasteiger partial charge in [-0.15, -0.1) is 24.0 Å². The molecule has 1 aliphatic rings. The monoisotopic (exact) mass is 460 g/mol. The summed E-state index contributed by atoms with van der Waals surface area (Å²) in [4.78, 5) is 6.75. The van der Waals surface area contributed by atoms with Crippen molar-refractivity contribution in [3.8, 4) is 5.75 Å². The molecule has 1 saturated heterocycles. The predicted octanol–water partition coefficient (Wildman–Crippen LogP) is 3.07. The second-order valence-electron chi connectivity index (χ2n) is 6.62. The van der Waals surface area contributed by atoms with E-state index >= 15 is 0 Å². The van der Waals surface area contributed by atoms with Crippen molar-refractivity contribution in [2.45, 2.75) is 38.1 Å². The Kier molecular flexibility index (Phi) is 10.2. The molecular weight excluding hydrogens is 427 g/mol. The Morgan fingerprint density at radius 3 is 2.60 bits per heavy atom. The minimum absolute atomic E-state index is 0. The quantitative estimate of drug-likeness (QED) is 0.373. The number of nitrogens with one attached hydrogen (secondary N) is 2. The molecule has 2 atom stereocenters. The van der Waals surface area contributed by atoms with Crippen LogP contribution in [0.15, 0.2) is 29.3 Å². The number of ether oxygens (including phenoxy) is 1. The van der Waals surface area contributed by atoms with Gasteiger partial charge >= 0.3 is 0 Å². The number of likely N-dealkylation sites (tertiary alicyclic amines) is 1. The largest absolute Gasteiger partial charge is 0.497 e. The number of likely N-dealkylation sites (N-methyl/N-ethyl adjacent to an activating group) is 1. The number of hydrogen-bond acceptors (Lipinski definition) is 3. The van der Waals surface area contributed by atoms with Crippen LogP contribution in [0, 0.1) is 0 Å². The van der Waals surface area contributed by atoms with E-state index in [9.17, 15) is 0 Å². The number of methoxy groups -OCH3 is 1. The van der Waals surface area contributed by atoms with Crippen molar-refractivity contribution in [2.75, 3.05) is 40.8 Å². The van der Waals surface area contributed by atoms with Gasteiger partial charge in [0.1, 0.15) is 5.75 Å². The molecule has 1 aromatic rings. The highest BCUT2D eigenvalue weighted by Gasteiger charge is 2.20. The molecule has 5 nitrogen and oxygen atoms in total. The molecule has 2 unspecified atom stereocenters. The van der Waals surface area contributed by atoms with Crippen LogP contribution >= 0.6 is 24.0 Å². The van der Waals surface area contributed by atoms with Gasteiger partial charge in [0.25, 0.3) is 0 Å². The zero-order chi connectivity index (χ0) is 17.4. The molecule has 1 heterocycles. The van der Waals surface area contributed by atoms with Crippen molar-refractivity contribution in [3.05, 3.63) is 29.8 Å². The van der Waals surface area contributed by atoms with Crippen LogP contribution in [0.4, 0.5) is 0 Å². The van der Waals surface area contributed by atoms with Crippen LogP contribution in [0.25, 0.3) is 0 Å². The van der Waals surface area contributed by atoms with Gasteiger partial charge in [0, 0.05) is 26.2 Å². The van der Waals surface area contributed by atoms with E-state index in [1.807, 2.05) is 19.2 Å². The van der Waals surface area contributed by atoms with E-state index in [1.165, 1.54) is 24.9 Å². The van der Waals surface area contributed by atoms with Crippen molar-refractivity contribution >= 4 is 29.9 Å². The molecule has 0 bridgehead atoms. The summed E-state index contributed by atoms with van der Waals surface area (Å²) in [5, 5.41) is 6.88. The first-order valence-corrected chi connectivity index (χ1v) is 8.92. The number of benzene rings is 1. The molecule has 0 aliphatic carbocycles. The molecule has 1 fully saturated rings. The lowest BCUT2D eigenvalue weighted by atomic mass is 9.98. The van der Waals surface area contributed by atoms with Crippen LogP contribution in [-0.4, -0.2) is 57.7 Å². The van der Waals surface area contributed by atoms with Crippen LogP contribution in [-0.2, 0) is 0 Å². The van der Waals surface area contributed by atoms with Crippen molar-refractivity contribution < 1.29 is 4.74 Å². The molecule has 25 heavy (non-hydrogen) atoms. The van der Waals surface area contributed by atoms with Gasteiger partial charge in [-0.2, -0.15) is 0 Å². The minimum atomic E-state index is 0. The Labute approximate surface area is 169 Å². The number of hydrogen-bond donors (Lipinski definition) is 2. The summed E-state index contributed by atoms with van der Waals surface area (Å²) >= 11 is 0. The molecule has 0 spiro atoms. The van der Waals surface area contributed by atoms with Crippen molar-refractivity contribution in [3.63, 3.8) is 0 Å². The van der Waals surface area contributed by atoms with Gasteiger partial charge in [-0.05, 0) is 56.5 Å². The predicted molar refractivity (Wildman–Crippen MR) is 116 cm³/mol. The van der Waals surface area contributed by atoms with Gasteiger partial charge in [0.15, 0.2) is 5.96 Å². The molecule has 2 rings (SSSR count). The van der Waals surface area contributed by atoms with Gasteiger partial charge in [-0.1, -0.05) is 19.1 Å². The minimum Gasteiger partial charge on any atom is -0.497 e. The second-order valence-corrected chi connectivity index (χ2v) is 6.62. The lowest BCUT2D eigenvalue weighted by molar-refractivity contribution is 0.309. The Bertz CT molecular complexity index is 521. The highest BCUT2D eigenvalue weighted by Crippen LogP contribution is 2.21. The summed E-state index contributed by atoms with van der Waals surface area (Å²) in [6.07, 6.45) is 3.64. The Morgan fingerprint density at radius 2 is 2.04 bits per heavy atom. The molecule has 0 radical (unpaired) electrons. The highest BCUT2D eigenvalue weighted by molar-refractivity contribution is 14.0. The third kappa shape index (κ3) is 7.01.